The summed E-state index contributed by atoms with van der Waals surface area (Å²) in [6, 6.07) is 3.81. The predicted molar refractivity (Wildman–Crippen MR) is 108 cm³/mol. The lowest BCUT2D eigenvalue weighted by atomic mass is 10.3. The fraction of sp³-hybridized carbons (Fsp3) is 0.429. The minimum absolute atomic E-state index is 0. The topological polar surface area (TPSA) is 49.3 Å². The zero-order chi connectivity index (χ0) is 17.6. The first kappa shape index (κ1) is 22.5. The van der Waals surface area contributed by atoms with Crippen LogP contribution in [0.4, 0.5) is 13.2 Å². The van der Waals surface area contributed by atoms with Crippen molar-refractivity contribution in [3.8, 4) is 0 Å². The van der Waals surface area contributed by atoms with Crippen LogP contribution in [0.3, 0.4) is 0 Å². The zero-order valence-electron chi connectivity index (χ0n) is 13.2. The van der Waals surface area contributed by atoms with Gasteiger partial charge in [-0.25, -0.2) is 9.98 Å². The maximum Gasteiger partial charge on any atom is 0.434 e. The first-order chi connectivity index (χ1) is 11.4. The van der Waals surface area contributed by atoms with Crippen molar-refractivity contribution < 1.29 is 13.2 Å². The molecule has 0 spiro atoms. The minimum atomic E-state index is -4.41. The smallest absolute Gasteiger partial charge is 0.357 e. The second-order valence-corrected chi connectivity index (χ2v) is 7.44. The quantitative estimate of drug-likeness (QED) is 0.325. The van der Waals surface area contributed by atoms with Crippen LogP contribution in [0.1, 0.15) is 22.5 Å². The number of rotatable bonds is 6. The number of thiophene rings is 1. The first-order valence-corrected chi connectivity index (χ1v) is 9.24. The molecule has 2 aromatic heterocycles. The van der Waals surface area contributed by atoms with Crippen molar-refractivity contribution in [2.45, 2.75) is 26.1 Å². The maximum atomic E-state index is 12.5. The summed E-state index contributed by atoms with van der Waals surface area (Å²) >= 11 is 8.35. The lowest BCUT2D eigenvalue weighted by Crippen LogP contribution is -2.38. The van der Waals surface area contributed by atoms with Crippen LogP contribution in [0, 0.1) is 0 Å². The van der Waals surface area contributed by atoms with Gasteiger partial charge in [0.25, 0.3) is 0 Å². The van der Waals surface area contributed by atoms with E-state index in [-0.39, 0.29) is 30.5 Å². The van der Waals surface area contributed by atoms with Crippen LogP contribution in [-0.2, 0) is 19.1 Å². The third kappa shape index (κ3) is 7.67. The molecule has 0 bridgehead atoms. The number of aromatic nitrogens is 1. The summed E-state index contributed by atoms with van der Waals surface area (Å²) in [7, 11) is 0. The van der Waals surface area contributed by atoms with Gasteiger partial charge in [-0.3, -0.25) is 0 Å². The van der Waals surface area contributed by atoms with Gasteiger partial charge in [-0.15, -0.1) is 46.7 Å². The average Bonchev–Trinajstić information content (AvgIpc) is 3.13. The lowest BCUT2D eigenvalue weighted by Gasteiger charge is -2.10. The second kappa shape index (κ2) is 10.5. The number of guanidine groups is 1. The Kier molecular flexibility index (Phi) is 9.46. The summed E-state index contributed by atoms with van der Waals surface area (Å²) in [5.41, 5.74) is -0.870. The van der Waals surface area contributed by atoms with Gasteiger partial charge in [0.1, 0.15) is 5.01 Å². The molecule has 0 amide bonds. The van der Waals surface area contributed by atoms with Crippen molar-refractivity contribution in [1.82, 2.24) is 15.6 Å². The van der Waals surface area contributed by atoms with Gasteiger partial charge in [-0.2, -0.15) is 13.2 Å². The van der Waals surface area contributed by atoms with Gasteiger partial charge in [0, 0.05) is 23.3 Å². The molecule has 2 aromatic rings. The van der Waals surface area contributed by atoms with Crippen LogP contribution in [0.2, 0.25) is 4.34 Å². The lowest BCUT2D eigenvalue weighted by molar-refractivity contribution is -0.140. The van der Waals surface area contributed by atoms with Gasteiger partial charge in [0.05, 0.1) is 10.9 Å². The van der Waals surface area contributed by atoms with Crippen molar-refractivity contribution in [3.05, 3.63) is 37.4 Å². The van der Waals surface area contributed by atoms with E-state index in [2.05, 4.69) is 20.6 Å². The van der Waals surface area contributed by atoms with E-state index in [1.165, 1.54) is 11.3 Å². The highest BCUT2D eigenvalue weighted by Gasteiger charge is 2.33. The number of hydrogen-bond donors (Lipinski definition) is 2. The Labute approximate surface area is 173 Å². The molecule has 4 nitrogen and oxygen atoms in total. The van der Waals surface area contributed by atoms with Crippen molar-refractivity contribution in [3.63, 3.8) is 0 Å². The monoisotopic (exact) mass is 524 g/mol. The molecule has 0 fully saturated rings. The third-order valence-corrected chi connectivity index (χ3v) is 4.98. The molecule has 140 valence electrons. The molecule has 0 aliphatic rings. The van der Waals surface area contributed by atoms with Crippen LogP contribution < -0.4 is 10.6 Å². The molecule has 0 aliphatic carbocycles. The van der Waals surface area contributed by atoms with Crippen LogP contribution >= 0.6 is 58.3 Å². The van der Waals surface area contributed by atoms with Gasteiger partial charge >= 0.3 is 6.18 Å². The Bertz CT molecular complexity index is 688. The number of aliphatic imine (C=N–C) groups is 1. The summed E-state index contributed by atoms with van der Waals surface area (Å²) in [6.45, 7) is 3.32. The van der Waals surface area contributed by atoms with Crippen molar-refractivity contribution >= 4 is 64.2 Å². The molecule has 25 heavy (non-hydrogen) atoms. The molecule has 0 unspecified atom stereocenters. The number of nitrogens with zero attached hydrogens (tertiary/aromatic N) is 2. The number of nitrogens with one attached hydrogen (secondary N) is 2. The standard InChI is InChI=1S/C14H16ClF3N4S2.HI/c1-2-19-13(20-6-5-9-3-4-11(15)24-9)21-7-12-22-10(8-23-12)14(16,17)18;/h3-4,8H,2,5-7H2,1H3,(H2,19,20,21);1H. The van der Waals surface area contributed by atoms with Gasteiger partial charge in [0.2, 0.25) is 0 Å². The fourth-order valence-electron chi connectivity index (χ4n) is 1.79. The van der Waals surface area contributed by atoms with Crippen LogP contribution in [0.15, 0.2) is 22.5 Å². The molecule has 0 atom stereocenters. The van der Waals surface area contributed by atoms with E-state index in [0.29, 0.717) is 24.1 Å². The second-order valence-electron chi connectivity index (χ2n) is 4.70. The highest BCUT2D eigenvalue weighted by atomic mass is 127. The molecule has 0 aliphatic heterocycles. The Balaban J connectivity index is 0.00000312. The van der Waals surface area contributed by atoms with Crippen molar-refractivity contribution in [1.29, 1.82) is 0 Å². The molecule has 0 radical (unpaired) electrons. The van der Waals surface area contributed by atoms with Crippen LogP contribution in [0.25, 0.3) is 0 Å². The molecule has 2 N–H and O–H groups in total. The van der Waals surface area contributed by atoms with E-state index in [4.69, 9.17) is 11.6 Å². The summed E-state index contributed by atoms with van der Waals surface area (Å²) in [5, 5.41) is 7.52. The summed E-state index contributed by atoms with van der Waals surface area (Å²) in [6.07, 6.45) is -3.62. The predicted octanol–water partition coefficient (Wildman–Crippen LogP) is 4.79. The molecule has 0 saturated carbocycles. The number of hydrogen-bond acceptors (Lipinski definition) is 4. The van der Waals surface area contributed by atoms with E-state index >= 15 is 0 Å². The Hall–Kier alpha value is -0.590. The zero-order valence-corrected chi connectivity index (χ0v) is 17.9. The van der Waals surface area contributed by atoms with Crippen LogP contribution in [0.5, 0.6) is 0 Å². The van der Waals surface area contributed by atoms with E-state index in [1.807, 2.05) is 19.1 Å². The van der Waals surface area contributed by atoms with E-state index < -0.39 is 11.9 Å². The van der Waals surface area contributed by atoms with Gasteiger partial charge < -0.3 is 10.6 Å². The SMILES string of the molecule is CCNC(=NCc1nc(C(F)(F)F)cs1)NCCc1ccc(Cl)s1.I. The van der Waals surface area contributed by atoms with E-state index in [1.54, 1.807) is 0 Å². The summed E-state index contributed by atoms with van der Waals surface area (Å²) in [4.78, 5) is 8.98. The molecule has 2 heterocycles. The Morgan fingerprint density at radius 2 is 2.08 bits per heavy atom. The molecular weight excluding hydrogens is 508 g/mol. The van der Waals surface area contributed by atoms with Crippen molar-refractivity contribution in [2.24, 2.45) is 4.99 Å². The number of thiazole rings is 1. The number of alkyl halides is 3. The molecule has 11 heteroatoms. The van der Waals surface area contributed by atoms with Gasteiger partial charge in [-0.05, 0) is 25.5 Å². The van der Waals surface area contributed by atoms with Crippen molar-refractivity contribution in [2.75, 3.05) is 13.1 Å². The van der Waals surface area contributed by atoms with Gasteiger partial charge in [0.15, 0.2) is 11.7 Å². The minimum Gasteiger partial charge on any atom is -0.357 e. The Morgan fingerprint density at radius 3 is 2.64 bits per heavy atom. The largest absolute Gasteiger partial charge is 0.434 e. The molecular formula is C14H17ClF3IN4S2. The average molecular weight is 525 g/mol. The Morgan fingerprint density at radius 1 is 1.32 bits per heavy atom. The maximum absolute atomic E-state index is 12.5. The fourth-order valence-corrected chi connectivity index (χ4v) is 3.60. The highest BCUT2D eigenvalue weighted by molar-refractivity contribution is 14.0. The third-order valence-electron chi connectivity index (χ3n) is 2.85. The summed E-state index contributed by atoms with van der Waals surface area (Å²) in [5.74, 6) is 0.545. The van der Waals surface area contributed by atoms with E-state index in [9.17, 15) is 13.2 Å². The molecule has 0 saturated heterocycles. The highest BCUT2D eigenvalue weighted by Crippen LogP contribution is 2.30. The van der Waals surface area contributed by atoms with Crippen LogP contribution in [-0.4, -0.2) is 24.0 Å². The molecule has 2 rings (SSSR count). The number of halogens is 5. The molecule has 0 aromatic carbocycles. The van der Waals surface area contributed by atoms with Gasteiger partial charge in [-0.1, -0.05) is 11.6 Å². The van der Waals surface area contributed by atoms with E-state index in [0.717, 1.165) is 32.4 Å². The normalized spacial score (nSPS) is 12.0. The first-order valence-electron chi connectivity index (χ1n) is 7.16. The summed E-state index contributed by atoms with van der Waals surface area (Å²) < 4.78 is 38.3.